The first-order valence-electron chi connectivity index (χ1n) is 13.0. The number of anilines is 1. The lowest BCUT2D eigenvalue weighted by Crippen LogP contribution is -2.34. The summed E-state index contributed by atoms with van der Waals surface area (Å²) in [5.41, 5.74) is 2.29. The number of ether oxygens (including phenoxy) is 2. The number of halogens is 2. The average Bonchev–Trinajstić information content (AvgIpc) is 3.20. The standard InChI is InChI=1S/C31H25Br2NO7/c1-17-2-4-20(5-3-17)31(39)41-22-12-8-18(9-13-22)27(35)16-40-30(38)19-6-10-21(11-7-19)34-28(36)23-14-25(32)26(33)15-24(23)29(34)37/h2-13,23-26H,14-16H2,1H3. The molecule has 1 heterocycles. The van der Waals surface area contributed by atoms with E-state index < -0.39 is 24.3 Å². The Morgan fingerprint density at radius 2 is 1.22 bits per heavy atom. The fraction of sp³-hybridized carbons (Fsp3) is 0.258. The van der Waals surface area contributed by atoms with Gasteiger partial charge < -0.3 is 9.47 Å². The summed E-state index contributed by atoms with van der Waals surface area (Å²) in [6.07, 6.45) is 1.14. The van der Waals surface area contributed by atoms with Crippen molar-refractivity contribution < 1.29 is 33.4 Å². The number of benzene rings is 3. The van der Waals surface area contributed by atoms with Crippen LogP contribution in [-0.2, 0) is 14.3 Å². The molecule has 8 nitrogen and oxygen atoms in total. The highest BCUT2D eigenvalue weighted by molar-refractivity contribution is 9.12. The highest BCUT2D eigenvalue weighted by atomic mass is 79.9. The van der Waals surface area contributed by atoms with Crippen molar-refractivity contribution in [1.82, 2.24) is 0 Å². The Morgan fingerprint density at radius 3 is 1.78 bits per heavy atom. The molecule has 41 heavy (non-hydrogen) atoms. The quantitative estimate of drug-likeness (QED) is 0.104. The minimum Gasteiger partial charge on any atom is -0.454 e. The fourth-order valence-electron chi connectivity index (χ4n) is 4.96. The molecule has 1 aliphatic heterocycles. The molecule has 10 heteroatoms. The summed E-state index contributed by atoms with van der Waals surface area (Å²) in [5.74, 6) is -2.60. The van der Waals surface area contributed by atoms with Gasteiger partial charge in [-0.05, 0) is 80.4 Å². The molecule has 2 fully saturated rings. The van der Waals surface area contributed by atoms with Crippen molar-refractivity contribution in [3.63, 3.8) is 0 Å². The van der Waals surface area contributed by atoms with Crippen LogP contribution in [0.4, 0.5) is 5.69 Å². The normalized spacial score (nSPS) is 21.8. The van der Waals surface area contributed by atoms with E-state index >= 15 is 0 Å². The van der Waals surface area contributed by atoms with Gasteiger partial charge in [0.05, 0.1) is 28.7 Å². The maximum absolute atomic E-state index is 13.0. The molecule has 2 aliphatic rings. The van der Waals surface area contributed by atoms with E-state index in [0.29, 0.717) is 24.1 Å². The molecule has 1 saturated heterocycles. The monoisotopic (exact) mass is 681 g/mol. The van der Waals surface area contributed by atoms with Gasteiger partial charge in [0.15, 0.2) is 12.4 Å². The summed E-state index contributed by atoms with van der Waals surface area (Å²) in [4.78, 5) is 64.8. The summed E-state index contributed by atoms with van der Waals surface area (Å²) in [6, 6.07) is 18.9. The van der Waals surface area contributed by atoms with Gasteiger partial charge in [-0.15, -0.1) is 0 Å². The van der Waals surface area contributed by atoms with Crippen LogP contribution in [0, 0.1) is 18.8 Å². The van der Waals surface area contributed by atoms with Crippen LogP contribution in [-0.4, -0.2) is 45.8 Å². The average molecular weight is 683 g/mol. The minimum atomic E-state index is -0.717. The molecule has 210 valence electrons. The number of nitrogens with zero attached hydrogens (tertiary/aromatic N) is 1. The number of alkyl halides is 2. The molecule has 0 bridgehead atoms. The number of carbonyl (C=O) groups is 5. The third kappa shape index (κ3) is 6.18. The number of Topliss-reactive ketones (excluding diaryl/α,β-unsaturated/α-hetero) is 1. The molecule has 5 rings (SSSR count). The predicted octanol–water partition coefficient (Wildman–Crippen LogP) is 5.68. The molecule has 3 aromatic rings. The second kappa shape index (κ2) is 12.1. The van der Waals surface area contributed by atoms with Gasteiger partial charge in [0, 0.05) is 15.2 Å². The van der Waals surface area contributed by atoms with Crippen LogP contribution in [0.2, 0.25) is 0 Å². The van der Waals surface area contributed by atoms with Crippen molar-refractivity contribution in [2.45, 2.75) is 29.4 Å². The largest absolute Gasteiger partial charge is 0.454 e. The Kier molecular flexibility index (Phi) is 8.51. The lowest BCUT2D eigenvalue weighted by atomic mass is 9.81. The van der Waals surface area contributed by atoms with Crippen molar-refractivity contribution in [2.75, 3.05) is 11.5 Å². The zero-order chi connectivity index (χ0) is 29.3. The van der Waals surface area contributed by atoms with Crippen LogP contribution in [0.25, 0.3) is 0 Å². The molecule has 3 aromatic carbocycles. The van der Waals surface area contributed by atoms with Gasteiger partial charge in [0.2, 0.25) is 11.8 Å². The smallest absolute Gasteiger partial charge is 0.343 e. The second-order valence-corrected chi connectivity index (χ2v) is 12.4. The number of imide groups is 1. The third-order valence-corrected chi connectivity index (χ3v) is 10.0. The molecule has 0 radical (unpaired) electrons. The number of amides is 2. The number of hydrogen-bond acceptors (Lipinski definition) is 7. The van der Waals surface area contributed by atoms with Crippen molar-refractivity contribution in [2.24, 2.45) is 11.8 Å². The maximum Gasteiger partial charge on any atom is 0.343 e. The SMILES string of the molecule is Cc1ccc(C(=O)Oc2ccc(C(=O)COC(=O)c3ccc(N4C(=O)C5CC(Br)C(Br)CC5C4=O)cc3)cc2)cc1. The van der Waals surface area contributed by atoms with E-state index in [1.165, 1.54) is 53.4 Å². The molecule has 2 amide bonds. The predicted molar refractivity (Wildman–Crippen MR) is 158 cm³/mol. The molecule has 0 aromatic heterocycles. The molecule has 4 atom stereocenters. The van der Waals surface area contributed by atoms with Gasteiger partial charge in [-0.2, -0.15) is 0 Å². The Balaban J connectivity index is 1.15. The van der Waals surface area contributed by atoms with Crippen LogP contribution in [0.1, 0.15) is 49.5 Å². The fourth-order valence-corrected chi connectivity index (χ4v) is 6.20. The maximum atomic E-state index is 13.0. The second-order valence-electron chi connectivity index (χ2n) is 10.1. The van der Waals surface area contributed by atoms with Gasteiger partial charge in [0.1, 0.15) is 5.75 Å². The van der Waals surface area contributed by atoms with Crippen LogP contribution in [0.3, 0.4) is 0 Å². The number of hydrogen-bond donors (Lipinski definition) is 0. The lowest BCUT2D eigenvalue weighted by molar-refractivity contribution is -0.122. The molecular weight excluding hydrogens is 658 g/mol. The Hall–Kier alpha value is -3.63. The van der Waals surface area contributed by atoms with E-state index in [0.717, 1.165) is 5.56 Å². The molecule has 1 saturated carbocycles. The summed E-state index contributed by atoms with van der Waals surface area (Å²) in [6.45, 7) is 1.43. The number of aryl methyl sites for hydroxylation is 1. The minimum absolute atomic E-state index is 0.111. The number of ketones is 1. The molecule has 0 N–H and O–H groups in total. The summed E-state index contributed by atoms with van der Waals surface area (Å²) in [7, 11) is 0. The summed E-state index contributed by atoms with van der Waals surface area (Å²) < 4.78 is 10.5. The zero-order valence-electron chi connectivity index (χ0n) is 21.9. The van der Waals surface area contributed by atoms with Gasteiger partial charge in [-0.1, -0.05) is 49.6 Å². The highest BCUT2D eigenvalue weighted by Gasteiger charge is 2.52. The van der Waals surface area contributed by atoms with E-state index in [-0.39, 0.29) is 50.2 Å². The first-order chi connectivity index (χ1) is 19.6. The van der Waals surface area contributed by atoms with Crippen LogP contribution < -0.4 is 9.64 Å². The van der Waals surface area contributed by atoms with Crippen LogP contribution in [0.5, 0.6) is 5.75 Å². The van der Waals surface area contributed by atoms with E-state index in [1.807, 2.05) is 19.1 Å². The molecule has 4 unspecified atom stereocenters. The molecule has 0 spiro atoms. The third-order valence-electron chi connectivity index (χ3n) is 7.28. The van der Waals surface area contributed by atoms with Gasteiger partial charge in [-0.3, -0.25) is 19.3 Å². The van der Waals surface area contributed by atoms with Crippen molar-refractivity contribution in [3.8, 4) is 5.75 Å². The van der Waals surface area contributed by atoms with Gasteiger partial charge >= 0.3 is 11.9 Å². The van der Waals surface area contributed by atoms with Crippen molar-refractivity contribution >= 4 is 67.1 Å². The van der Waals surface area contributed by atoms with Gasteiger partial charge in [-0.25, -0.2) is 9.59 Å². The lowest BCUT2D eigenvalue weighted by Gasteiger charge is -2.29. The van der Waals surface area contributed by atoms with E-state index in [4.69, 9.17) is 9.47 Å². The Morgan fingerprint density at radius 1 is 0.732 bits per heavy atom. The van der Waals surface area contributed by atoms with Crippen molar-refractivity contribution in [1.29, 1.82) is 0 Å². The van der Waals surface area contributed by atoms with E-state index in [1.54, 1.807) is 12.1 Å². The van der Waals surface area contributed by atoms with Crippen LogP contribution >= 0.6 is 31.9 Å². The zero-order valence-corrected chi connectivity index (χ0v) is 25.1. The number of esters is 2. The first kappa shape index (κ1) is 28.9. The molecule has 1 aliphatic carbocycles. The number of fused-ring (bicyclic) bond motifs is 1. The number of rotatable bonds is 7. The Labute approximate surface area is 253 Å². The van der Waals surface area contributed by atoms with Gasteiger partial charge in [0.25, 0.3) is 0 Å². The van der Waals surface area contributed by atoms with Crippen LogP contribution in [0.15, 0.2) is 72.8 Å². The summed E-state index contributed by atoms with van der Waals surface area (Å²) in [5, 5.41) is 0. The van der Waals surface area contributed by atoms with Crippen molar-refractivity contribution in [3.05, 3.63) is 95.1 Å². The van der Waals surface area contributed by atoms with E-state index in [2.05, 4.69) is 31.9 Å². The van der Waals surface area contributed by atoms with E-state index in [9.17, 15) is 24.0 Å². The summed E-state index contributed by atoms with van der Waals surface area (Å²) >= 11 is 7.16. The molecular formula is C31H25Br2NO7. The Bertz CT molecular complexity index is 1470. The first-order valence-corrected chi connectivity index (χ1v) is 14.8. The number of carbonyl (C=O) groups excluding carboxylic acids is 5. The highest BCUT2D eigenvalue weighted by Crippen LogP contribution is 2.44. The topological polar surface area (TPSA) is 107 Å².